The molecule has 7 nitrogen and oxygen atoms in total. The van der Waals surface area contributed by atoms with Gasteiger partial charge in [0.1, 0.15) is 18.1 Å². The number of piperidine rings is 1. The van der Waals surface area contributed by atoms with Crippen molar-refractivity contribution in [2.45, 2.75) is 61.6 Å². The van der Waals surface area contributed by atoms with Crippen molar-refractivity contribution in [2.24, 2.45) is 0 Å². The molecule has 2 aliphatic rings. The predicted octanol–water partition coefficient (Wildman–Crippen LogP) is 6.46. The lowest BCUT2D eigenvalue weighted by atomic mass is 9.98. The zero-order valence-corrected chi connectivity index (χ0v) is 21.4. The number of hydrogen-bond donors (Lipinski definition) is 0. The Bertz CT molecular complexity index is 1260. The molecular formula is C27H26ClN3O4S. The number of nitro groups is 1. The number of carbonyl (C=O) groups excluding carboxylic acids is 1. The summed E-state index contributed by atoms with van der Waals surface area (Å²) in [6.45, 7) is 2.02. The topological polar surface area (TPSA) is 85.6 Å². The normalized spacial score (nSPS) is 20.8. The molecule has 2 atom stereocenters. The number of fused-ring (bicyclic) bond motifs is 2. The molecule has 2 saturated heterocycles. The first-order valence-electron chi connectivity index (χ1n) is 11.9. The van der Waals surface area contributed by atoms with Gasteiger partial charge in [-0.05, 0) is 61.2 Å². The first-order valence-corrected chi connectivity index (χ1v) is 13.3. The number of nitrogens with zero attached hydrogens (tertiary/aromatic N) is 3. The van der Waals surface area contributed by atoms with Gasteiger partial charge in [-0.3, -0.25) is 14.9 Å². The van der Waals surface area contributed by atoms with Crippen LogP contribution in [0, 0.1) is 17.0 Å². The van der Waals surface area contributed by atoms with Gasteiger partial charge in [0, 0.05) is 42.3 Å². The average Bonchev–Trinajstić information content (AvgIpc) is 3.15. The number of aromatic nitrogens is 1. The second-order valence-electron chi connectivity index (χ2n) is 9.34. The molecule has 2 bridgehead atoms. The lowest BCUT2D eigenvalue weighted by Crippen LogP contribution is -2.49. The van der Waals surface area contributed by atoms with Crippen LogP contribution in [0.25, 0.3) is 0 Å². The molecule has 0 spiro atoms. The third kappa shape index (κ3) is 5.34. The maximum absolute atomic E-state index is 13.4. The Hall–Kier alpha value is -3.10. The number of aryl methyl sites for hydroxylation is 1. The average molecular weight is 524 g/mol. The second kappa shape index (κ2) is 10.5. The van der Waals surface area contributed by atoms with Gasteiger partial charge < -0.3 is 9.64 Å². The Labute approximate surface area is 219 Å². The van der Waals surface area contributed by atoms with Gasteiger partial charge in [-0.2, -0.15) is 0 Å². The number of hydrogen-bond acceptors (Lipinski definition) is 6. The van der Waals surface area contributed by atoms with Gasteiger partial charge >= 0.3 is 0 Å². The summed E-state index contributed by atoms with van der Waals surface area (Å²) in [7, 11) is 0. The largest absolute Gasteiger partial charge is 0.489 e. The van der Waals surface area contributed by atoms with E-state index in [2.05, 4.69) is 9.88 Å². The molecule has 5 rings (SSSR count). The van der Waals surface area contributed by atoms with E-state index in [1.807, 2.05) is 49.4 Å². The van der Waals surface area contributed by atoms with Crippen LogP contribution in [0.3, 0.4) is 0 Å². The minimum absolute atomic E-state index is 0.0225. The first kappa shape index (κ1) is 24.6. The van der Waals surface area contributed by atoms with E-state index >= 15 is 0 Å². The van der Waals surface area contributed by atoms with Crippen LogP contribution in [0.1, 0.15) is 47.2 Å². The zero-order chi connectivity index (χ0) is 25.2. The van der Waals surface area contributed by atoms with E-state index in [0.29, 0.717) is 16.3 Å². The third-order valence-electron chi connectivity index (χ3n) is 6.82. The molecule has 36 heavy (non-hydrogen) atoms. The number of ether oxygens (including phenoxy) is 1. The summed E-state index contributed by atoms with van der Waals surface area (Å²) < 4.78 is 6.27. The van der Waals surface area contributed by atoms with Gasteiger partial charge in [0.05, 0.1) is 15.0 Å². The number of carbonyl (C=O) groups is 1. The van der Waals surface area contributed by atoms with Gasteiger partial charge in [0.15, 0.2) is 0 Å². The van der Waals surface area contributed by atoms with Crippen LogP contribution in [0.4, 0.5) is 5.69 Å². The summed E-state index contributed by atoms with van der Waals surface area (Å²) in [6, 6.07) is 17.0. The van der Waals surface area contributed by atoms with Crippen molar-refractivity contribution in [3.8, 4) is 5.75 Å². The number of pyridine rings is 1. The number of thioether (sulfide) groups is 1. The molecule has 0 saturated carbocycles. The highest BCUT2D eigenvalue weighted by atomic mass is 35.5. The summed E-state index contributed by atoms with van der Waals surface area (Å²) in [5.41, 5.74) is 2.83. The van der Waals surface area contributed by atoms with E-state index in [9.17, 15) is 14.9 Å². The van der Waals surface area contributed by atoms with Gasteiger partial charge in [-0.15, -0.1) is 11.8 Å². The van der Waals surface area contributed by atoms with Crippen molar-refractivity contribution < 1.29 is 14.5 Å². The second-order valence-corrected chi connectivity index (χ2v) is 10.7. The molecule has 3 heterocycles. The van der Waals surface area contributed by atoms with E-state index in [1.54, 1.807) is 6.07 Å². The Morgan fingerprint density at radius 1 is 1.14 bits per heavy atom. The van der Waals surface area contributed by atoms with Crippen LogP contribution in [-0.4, -0.2) is 38.9 Å². The Balaban J connectivity index is 1.19. The molecule has 2 aromatic carbocycles. The van der Waals surface area contributed by atoms with Crippen LogP contribution < -0.4 is 4.74 Å². The third-order valence-corrected chi connectivity index (χ3v) is 8.15. The van der Waals surface area contributed by atoms with E-state index in [0.717, 1.165) is 47.6 Å². The van der Waals surface area contributed by atoms with Crippen LogP contribution >= 0.6 is 23.4 Å². The molecule has 2 aliphatic heterocycles. The fourth-order valence-electron chi connectivity index (χ4n) is 5.05. The summed E-state index contributed by atoms with van der Waals surface area (Å²) >= 11 is 7.83. The number of rotatable bonds is 7. The number of amides is 1. The van der Waals surface area contributed by atoms with Crippen molar-refractivity contribution in [2.75, 3.05) is 0 Å². The number of benzene rings is 2. The Morgan fingerprint density at radius 2 is 1.86 bits per heavy atom. The standard InChI is InChI=1S/C27H26ClN3O4S/c1-17-2-10-24(28)25(12-17)35-23-13-20-7-8-21(14-23)30(20)27(32)19-5-3-18(4-6-19)16-36-26-11-9-22(15-29-26)31(33)34/h2-6,9-12,15,20-21,23H,7-8,13-14,16H2,1H3. The van der Waals surface area contributed by atoms with Gasteiger partial charge in [-0.25, -0.2) is 4.98 Å². The monoisotopic (exact) mass is 523 g/mol. The fraction of sp³-hybridized carbons (Fsp3) is 0.333. The minimum atomic E-state index is -0.460. The lowest BCUT2D eigenvalue weighted by Gasteiger charge is -2.39. The van der Waals surface area contributed by atoms with Gasteiger partial charge in [0.2, 0.25) is 0 Å². The highest BCUT2D eigenvalue weighted by Crippen LogP contribution is 2.39. The van der Waals surface area contributed by atoms with E-state index in [1.165, 1.54) is 24.0 Å². The molecule has 1 aromatic heterocycles. The molecule has 0 N–H and O–H groups in total. The highest BCUT2D eigenvalue weighted by Gasteiger charge is 2.44. The molecule has 186 valence electrons. The van der Waals surface area contributed by atoms with Crippen molar-refractivity contribution in [3.05, 3.63) is 92.6 Å². The van der Waals surface area contributed by atoms with Crippen LogP contribution in [-0.2, 0) is 5.75 Å². The maximum atomic E-state index is 13.4. The summed E-state index contributed by atoms with van der Waals surface area (Å²) in [5.74, 6) is 1.46. The molecule has 2 unspecified atom stereocenters. The molecule has 9 heteroatoms. The van der Waals surface area contributed by atoms with Crippen molar-refractivity contribution in [3.63, 3.8) is 0 Å². The van der Waals surface area contributed by atoms with Crippen LogP contribution in [0.15, 0.2) is 65.8 Å². The summed E-state index contributed by atoms with van der Waals surface area (Å²) in [4.78, 5) is 29.9. The molecule has 2 fully saturated rings. The van der Waals surface area contributed by atoms with Gasteiger partial charge in [-0.1, -0.05) is 29.8 Å². The first-order chi connectivity index (χ1) is 17.4. The van der Waals surface area contributed by atoms with E-state index < -0.39 is 4.92 Å². The zero-order valence-electron chi connectivity index (χ0n) is 19.8. The highest BCUT2D eigenvalue weighted by molar-refractivity contribution is 7.98. The molecular weight excluding hydrogens is 498 g/mol. The van der Waals surface area contributed by atoms with Crippen LogP contribution in [0.5, 0.6) is 5.75 Å². The SMILES string of the molecule is Cc1ccc(Cl)c(OC2CC3CCC(C2)N3C(=O)c2ccc(CSc3ccc([N+](=O)[O-])cn3)cc2)c1. The summed E-state index contributed by atoms with van der Waals surface area (Å²) in [5, 5.41) is 12.1. The van der Waals surface area contributed by atoms with E-state index in [4.69, 9.17) is 16.3 Å². The predicted molar refractivity (Wildman–Crippen MR) is 140 cm³/mol. The molecule has 0 aliphatic carbocycles. The fourth-order valence-corrected chi connectivity index (χ4v) is 6.01. The van der Waals surface area contributed by atoms with Crippen molar-refractivity contribution >= 4 is 35.0 Å². The minimum Gasteiger partial charge on any atom is -0.489 e. The van der Waals surface area contributed by atoms with Gasteiger partial charge in [0.25, 0.3) is 11.6 Å². The number of halogens is 1. The van der Waals surface area contributed by atoms with Crippen LogP contribution in [0.2, 0.25) is 5.02 Å². The van der Waals surface area contributed by atoms with Crippen molar-refractivity contribution in [1.29, 1.82) is 0 Å². The lowest BCUT2D eigenvalue weighted by molar-refractivity contribution is -0.385. The quantitative estimate of drug-likeness (QED) is 0.201. The molecule has 0 radical (unpaired) electrons. The Morgan fingerprint density at radius 3 is 2.50 bits per heavy atom. The Kier molecular flexibility index (Phi) is 7.16. The summed E-state index contributed by atoms with van der Waals surface area (Å²) in [6.07, 6.45) is 4.93. The molecule has 1 amide bonds. The van der Waals surface area contributed by atoms with Crippen molar-refractivity contribution in [1.82, 2.24) is 9.88 Å². The maximum Gasteiger partial charge on any atom is 0.287 e. The van der Waals surface area contributed by atoms with E-state index in [-0.39, 0.29) is 29.8 Å². The smallest absolute Gasteiger partial charge is 0.287 e. The molecule has 3 aromatic rings.